The van der Waals surface area contributed by atoms with Gasteiger partial charge in [0.1, 0.15) is 5.76 Å². The van der Waals surface area contributed by atoms with E-state index in [-0.39, 0.29) is 17.4 Å². The van der Waals surface area contributed by atoms with Gasteiger partial charge in [-0.25, -0.2) is 0 Å². The lowest BCUT2D eigenvalue weighted by molar-refractivity contribution is -0.131. The Morgan fingerprint density at radius 3 is 2.58 bits per heavy atom. The van der Waals surface area contributed by atoms with Gasteiger partial charge in [0.15, 0.2) is 0 Å². The van der Waals surface area contributed by atoms with Crippen LogP contribution in [0.25, 0.3) is 0 Å². The molecule has 1 heterocycles. The van der Waals surface area contributed by atoms with Crippen LogP contribution in [-0.4, -0.2) is 17.6 Å². The van der Waals surface area contributed by atoms with Gasteiger partial charge in [-0.3, -0.25) is 4.79 Å². The van der Waals surface area contributed by atoms with Crippen LogP contribution >= 0.6 is 0 Å². The zero-order chi connectivity index (χ0) is 14.0. The number of amides is 1. The van der Waals surface area contributed by atoms with Crippen LogP contribution in [0.2, 0.25) is 0 Å². The molecule has 1 saturated carbocycles. The molecule has 0 radical (unpaired) electrons. The molecular weight excluding hydrogens is 242 g/mol. The molecule has 0 bridgehead atoms. The van der Waals surface area contributed by atoms with Crippen molar-refractivity contribution >= 4 is 5.91 Å². The van der Waals surface area contributed by atoms with Crippen LogP contribution in [0.4, 0.5) is 0 Å². The van der Waals surface area contributed by atoms with Gasteiger partial charge < -0.3 is 15.6 Å². The van der Waals surface area contributed by atoms with Crippen LogP contribution < -0.4 is 11.1 Å². The van der Waals surface area contributed by atoms with Gasteiger partial charge in [0.05, 0.1) is 17.2 Å². The minimum Gasteiger partial charge on any atom is -0.361 e. The van der Waals surface area contributed by atoms with E-state index in [1.54, 1.807) is 0 Å². The molecule has 0 aliphatic heterocycles. The van der Waals surface area contributed by atoms with Crippen LogP contribution in [0.15, 0.2) is 4.52 Å². The average molecular weight is 265 g/mol. The second-order valence-corrected chi connectivity index (χ2v) is 5.62. The van der Waals surface area contributed by atoms with E-state index in [1.165, 1.54) is 0 Å². The summed E-state index contributed by atoms with van der Waals surface area (Å²) in [6, 6.07) is -0.0947. The molecule has 1 amide bonds. The molecule has 5 heteroatoms. The number of aryl methyl sites for hydroxylation is 2. The zero-order valence-corrected chi connectivity index (χ0v) is 12.0. The second-order valence-electron chi connectivity index (χ2n) is 5.62. The third-order valence-corrected chi connectivity index (χ3v) is 4.30. The van der Waals surface area contributed by atoms with Crippen molar-refractivity contribution in [1.82, 2.24) is 10.5 Å². The Balaban J connectivity index is 2.10. The van der Waals surface area contributed by atoms with Crippen molar-refractivity contribution in [2.24, 2.45) is 11.1 Å². The number of nitrogens with zero attached hydrogens (tertiary/aromatic N) is 1. The first-order valence-electron chi connectivity index (χ1n) is 6.94. The summed E-state index contributed by atoms with van der Waals surface area (Å²) in [5.41, 5.74) is 7.27. The first-order valence-corrected chi connectivity index (χ1v) is 6.94. The molecule has 1 aliphatic carbocycles. The Hall–Kier alpha value is -1.36. The maximum atomic E-state index is 12.5. The topological polar surface area (TPSA) is 81.2 Å². The van der Waals surface area contributed by atoms with Gasteiger partial charge in [0, 0.05) is 12.1 Å². The maximum Gasteiger partial charge on any atom is 0.227 e. The molecule has 0 saturated heterocycles. The van der Waals surface area contributed by atoms with Gasteiger partial charge in [-0.2, -0.15) is 0 Å². The molecule has 0 spiro atoms. The molecule has 1 unspecified atom stereocenters. The van der Waals surface area contributed by atoms with E-state index in [1.807, 2.05) is 20.8 Å². The first kappa shape index (κ1) is 14.1. The predicted octanol–water partition coefficient (Wildman–Crippen LogP) is 1.99. The van der Waals surface area contributed by atoms with Crippen LogP contribution in [0, 0.1) is 19.3 Å². The monoisotopic (exact) mass is 265 g/mol. The third-order valence-electron chi connectivity index (χ3n) is 4.30. The number of hydrogen-bond acceptors (Lipinski definition) is 4. The summed E-state index contributed by atoms with van der Waals surface area (Å²) >= 11 is 0. The molecule has 1 atom stereocenters. The fourth-order valence-corrected chi connectivity index (χ4v) is 3.11. The highest BCUT2D eigenvalue weighted by Gasteiger charge is 2.40. The fraction of sp³-hybridized carbons (Fsp3) is 0.714. The zero-order valence-electron chi connectivity index (χ0n) is 12.0. The lowest BCUT2D eigenvalue weighted by atomic mass is 9.85. The minimum atomic E-state index is -0.368. The Bertz CT molecular complexity index is 442. The molecule has 5 nitrogen and oxygen atoms in total. The summed E-state index contributed by atoms with van der Waals surface area (Å²) in [4.78, 5) is 12.5. The maximum absolute atomic E-state index is 12.5. The first-order chi connectivity index (χ1) is 9.00. The van der Waals surface area contributed by atoms with E-state index in [9.17, 15) is 4.79 Å². The van der Waals surface area contributed by atoms with Gasteiger partial charge in [0.25, 0.3) is 0 Å². The van der Waals surface area contributed by atoms with Crippen LogP contribution in [0.3, 0.4) is 0 Å². The van der Waals surface area contributed by atoms with Crippen molar-refractivity contribution in [3.8, 4) is 0 Å². The number of rotatable bonds is 4. The summed E-state index contributed by atoms with van der Waals surface area (Å²) in [5.74, 6) is 0.832. The number of hydrogen-bond donors (Lipinski definition) is 2. The lowest BCUT2D eigenvalue weighted by Gasteiger charge is -2.27. The van der Waals surface area contributed by atoms with E-state index in [0.29, 0.717) is 6.54 Å². The van der Waals surface area contributed by atoms with Crippen molar-refractivity contribution < 1.29 is 9.32 Å². The molecule has 106 valence electrons. The number of nitrogens with one attached hydrogen (secondary N) is 1. The van der Waals surface area contributed by atoms with Crippen molar-refractivity contribution in [2.75, 3.05) is 6.54 Å². The van der Waals surface area contributed by atoms with Crippen LogP contribution in [0.5, 0.6) is 0 Å². The van der Waals surface area contributed by atoms with Crippen LogP contribution in [0.1, 0.15) is 55.7 Å². The van der Waals surface area contributed by atoms with Gasteiger partial charge in [-0.05, 0) is 33.6 Å². The number of nitrogens with two attached hydrogens (primary N) is 1. The quantitative estimate of drug-likeness (QED) is 0.872. The van der Waals surface area contributed by atoms with Crippen molar-refractivity contribution in [2.45, 2.75) is 52.5 Å². The summed E-state index contributed by atoms with van der Waals surface area (Å²) in [5, 5.41) is 7.01. The second kappa shape index (κ2) is 5.33. The third kappa shape index (κ3) is 2.52. The normalized spacial score (nSPS) is 19.4. The summed E-state index contributed by atoms with van der Waals surface area (Å²) in [6.07, 6.45) is 3.96. The Morgan fingerprint density at radius 1 is 1.47 bits per heavy atom. The minimum absolute atomic E-state index is 0.0694. The average Bonchev–Trinajstić information content (AvgIpc) is 2.97. The number of carbonyl (C=O) groups is 1. The van der Waals surface area contributed by atoms with Crippen molar-refractivity contribution in [1.29, 1.82) is 0 Å². The van der Waals surface area contributed by atoms with Crippen molar-refractivity contribution in [3.05, 3.63) is 17.0 Å². The molecular formula is C14H23N3O2. The Morgan fingerprint density at radius 2 is 2.11 bits per heavy atom. The molecule has 1 fully saturated rings. The lowest BCUT2D eigenvalue weighted by Crippen LogP contribution is -2.45. The smallest absolute Gasteiger partial charge is 0.227 e. The van der Waals surface area contributed by atoms with E-state index >= 15 is 0 Å². The highest BCUT2D eigenvalue weighted by atomic mass is 16.5. The molecule has 2 rings (SSSR count). The van der Waals surface area contributed by atoms with Gasteiger partial charge >= 0.3 is 0 Å². The Kier molecular flexibility index (Phi) is 3.94. The Labute approximate surface area is 113 Å². The summed E-state index contributed by atoms with van der Waals surface area (Å²) < 4.78 is 5.15. The molecule has 1 aromatic heterocycles. The fourth-order valence-electron chi connectivity index (χ4n) is 3.11. The summed E-state index contributed by atoms with van der Waals surface area (Å²) in [6.45, 7) is 6.14. The van der Waals surface area contributed by atoms with Crippen LogP contribution in [-0.2, 0) is 4.79 Å². The number of aromatic nitrogens is 1. The molecule has 1 aromatic rings. The standard InChI is InChI=1S/C14H23N3O2/c1-9(12-10(2)17-19-11(12)3)16-13(18)14(8-15)6-4-5-7-14/h9H,4-8,15H2,1-3H3,(H,16,18). The van der Waals surface area contributed by atoms with Crippen molar-refractivity contribution in [3.63, 3.8) is 0 Å². The summed E-state index contributed by atoms with van der Waals surface area (Å²) in [7, 11) is 0. The number of carbonyl (C=O) groups excluding carboxylic acids is 1. The highest BCUT2D eigenvalue weighted by Crippen LogP contribution is 2.38. The van der Waals surface area contributed by atoms with E-state index in [0.717, 1.165) is 42.7 Å². The molecule has 0 aromatic carbocycles. The molecule has 19 heavy (non-hydrogen) atoms. The molecule has 3 N–H and O–H groups in total. The van der Waals surface area contributed by atoms with Gasteiger partial charge in [-0.1, -0.05) is 18.0 Å². The molecule has 1 aliphatic rings. The SMILES string of the molecule is Cc1noc(C)c1C(C)NC(=O)C1(CN)CCCC1. The van der Waals surface area contributed by atoms with E-state index in [4.69, 9.17) is 10.3 Å². The van der Waals surface area contributed by atoms with Gasteiger partial charge in [-0.15, -0.1) is 0 Å². The van der Waals surface area contributed by atoms with E-state index in [2.05, 4.69) is 10.5 Å². The predicted molar refractivity (Wildman–Crippen MR) is 72.5 cm³/mol. The van der Waals surface area contributed by atoms with Gasteiger partial charge in [0.2, 0.25) is 5.91 Å². The highest BCUT2D eigenvalue weighted by molar-refractivity contribution is 5.83. The largest absolute Gasteiger partial charge is 0.361 e. The van der Waals surface area contributed by atoms with E-state index < -0.39 is 0 Å².